The number of hydrogen-bond acceptors (Lipinski definition) is 3. The Labute approximate surface area is 99.0 Å². The van der Waals surface area contributed by atoms with E-state index in [-0.39, 0.29) is 11.5 Å². The van der Waals surface area contributed by atoms with Crippen LogP contribution in [0.4, 0.5) is 21.5 Å². The number of hydrogen-bond donors (Lipinski definition) is 2. The Bertz CT molecular complexity index is 508. The van der Waals surface area contributed by atoms with Gasteiger partial charge in [-0.25, -0.2) is 4.39 Å². The molecule has 2 rings (SSSR count). The van der Waals surface area contributed by atoms with Gasteiger partial charge in [0.25, 0.3) is 0 Å². The van der Waals surface area contributed by atoms with Gasteiger partial charge in [-0.05, 0) is 24.3 Å². The fraction of sp³-hybridized carbons (Fsp3) is 0.0769. The minimum Gasteiger partial charge on any atom is -0.497 e. The fourth-order valence-corrected chi connectivity index (χ4v) is 1.52. The van der Waals surface area contributed by atoms with E-state index in [0.29, 0.717) is 11.4 Å². The average molecular weight is 232 g/mol. The van der Waals surface area contributed by atoms with Crippen LogP contribution < -0.4 is 15.8 Å². The van der Waals surface area contributed by atoms with Crippen LogP contribution >= 0.6 is 0 Å². The molecule has 0 saturated carbocycles. The maximum absolute atomic E-state index is 13.5. The van der Waals surface area contributed by atoms with Gasteiger partial charge in [0, 0.05) is 11.8 Å². The molecule has 0 amide bonds. The summed E-state index contributed by atoms with van der Waals surface area (Å²) in [6, 6.07) is 11.8. The lowest BCUT2D eigenvalue weighted by molar-refractivity contribution is 0.415. The van der Waals surface area contributed by atoms with E-state index < -0.39 is 0 Å². The van der Waals surface area contributed by atoms with Gasteiger partial charge < -0.3 is 15.8 Å². The summed E-state index contributed by atoms with van der Waals surface area (Å²) in [5.74, 6) is 0.317. The van der Waals surface area contributed by atoms with Gasteiger partial charge >= 0.3 is 0 Å². The first kappa shape index (κ1) is 11.3. The Morgan fingerprint density at radius 2 is 1.94 bits per heavy atom. The summed E-state index contributed by atoms with van der Waals surface area (Å²) in [7, 11) is 1.58. The summed E-state index contributed by atoms with van der Waals surface area (Å²) in [5, 5.41) is 2.94. The van der Waals surface area contributed by atoms with Crippen molar-refractivity contribution in [2.75, 3.05) is 18.2 Å². The second kappa shape index (κ2) is 4.74. The lowest BCUT2D eigenvalue weighted by Gasteiger charge is -2.11. The van der Waals surface area contributed by atoms with Gasteiger partial charge in [0.05, 0.1) is 18.5 Å². The molecule has 2 aromatic carbocycles. The van der Waals surface area contributed by atoms with Crippen molar-refractivity contribution in [3.63, 3.8) is 0 Å². The van der Waals surface area contributed by atoms with Crippen molar-refractivity contribution in [1.82, 2.24) is 0 Å². The van der Waals surface area contributed by atoms with Gasteiger partial charge in [0.2, 0.25) is 0 Å². The van der Waals surface area contributed by atoms with Crippen molar-refractivity contribution in [1.29, 1.82) is 0 Å². The predicted octanol–water partition coefficient (Wildman–Crippen LogP) is 3.16. The number of nitrogens with one attached hydrogen (secondary N) is 1. The van der Waals surface area contributed by atoms with Crippen molar-refractivity contribution in [2.24, 2.45) is 0 Å². The number of ether oxygens (including phenoxy) is 1. The highest BCUT2D eigenvalue weighted by Crippen LogP contribution is 2.27. The van der Waals surface area contributed by atoms with Crippen LogP contribution in [0.25, 0.3) is 0 Å². The Morgan fingerprint density at radius 1 is 1.18 bits per heavy atom. The van der Waals surface area contributed by atoms with E-state index in [1.165, 1.54) is 6.07 Å². The molecular formula is C13H13FN2O. The molecule has 88 valence electrons. The third-order valence-corrected chi connectivity index (χ3v) is 2.38. The van der Waals surface area contributed by atoms with Crippen molar-refractivity contribution in [3.8, 4) is 5.75 Å². The van der Waals surface area contributed by atoms with E-state index in [0.717, 1.165) is 5.69 Å². The molecule has 0 spiro atoms. The molecule has 2 aromatic rings. The van der Waals surface area contributed by atoms with Crippen molar-refractivity contribution < 1.29 is 9.13 Å². The zero-order valence-electron chi connectivity index (χ0n) is 9.41. The van der Waals surface area contributed by atoms with Crippen LogP contribution in [0.2, 0.25) is 0 Å². The highest BCUT2D eigenvalue weighted by Gasteiger charge is 2.06. The molecule has 3 nitrogen and oxygen atoms in total. The zero-order valence-corrected chi connectivity index (χ0v) is 9.41. The van der Waals surface area contributed by atoms with Crippen LogP contribution in [-0.4, -0.2) is 7.11 Å². The first-order valence-corrected chi connectivity index (χ1v) is 5.16. The van der Waals surface area contributed by atoms with Crippen LogP contribution in [-0.2, 0) is 0 Å². The third kappa shape index (κ3) is 2.47. The third-order valence-electron chi connectivity index (χ3n) is 2.38. The van der Waals surface area contributed by atoms with Crippen LogP contribution in [0.15, 0.2) is 42.5 Å². The molecule has 3 N–H and O–H groups in total. The standard InChI is InChI=1S/C13H13FN2O/c1-17-10-5-2-4-9(8-10)16-13-11(14)6-3-7-12(13)15/h2-8,16H,15H2,1H3. The first-order valence-electron chi connectivity index (χ1n) is 5.16. The number of halogens is 1. The van der Waals surface area contributed by atoms with Gasteiger partial charge in [-0.2, -0.15) is 0 Å². The summed E-state index contributed by atoms with van der Waals surface area (Å²) in [6.45, 7) is 0. The molecule has 0 unspecified atom stereocenters. The molecule has 0 aliphatic rings. The summed E-state index contributed by atoms with van der Waals surface area (Å²) in [4.78, 5) is 0. The van der Waals surface area contributed by atoms with Gasteiger partial charge in [-0.15, -0.1) is 0 Å². The summed E-state index contributed by atoms with van der Waals surface area (Å²) < 4.78 is 18.6. The first-order chi connectivity index (χ1) is 8.20. The molecule has 0 bridgehead atoms. The normalized spacial score (nSPS) is 10.0. The highest BCUT2D eigenvalue weighted by molar-refractivity contribution is 5.73. The molecule has 0 aliphatic carbocycles. The SMILES string of the molecule is COc1cccc(Nc2c(N)cccc2F)c1. The molecule has 0 atom stereocenters. The number of rotatable bonds is 3. The largest absolute Gasteiger partial charge is 0.497 e. The topological polar surface area (TPSA) is 47.3 Å². The monoisotopic (exact) mass is 232 g/mol. The lowest BCUT2D eigenvalue weighted by atomic mass is 10.2. The minimum absolute atomic E-state index is 0.278. The van der Waals surface area contributed by atoms with Crippen LogP contribution in [0.1, 0.15) is 0 Å². The van der Waals surface area contributed by atoms with E-state index >= 15 is 0 Å². The molecule has 0 aliphatic heterocycles. The Morgan fingerprint density at radius 3 is 2.65 bits per heavy atom. The lowest BCUT2D eigenvalue weighted by Crippen LogP contribution is -1.99. The Balaban J connectivity index is 2.31. The van der Waals surface area contributed by atoms with E-state index in [4.69, 9.17) is 10.5 Å². The van der Waals surface area contributed by atoms with E-state index in [1.54, 1.807) is 25.3 Å². The molecule has 17 heavy (non-hydrogen) atoms. The van der Waals surface area contributed by atoms with Crippen molar-refractivity contribution in [2.45, 2.75) is 0 Å². The summed E-state index contributed by atoms with van der Waals surface area (Å²) in [5.41, 5.74) is 7.08. The number of para-hydroxylation sites is 1. The Kier molecular flexibility index (Phi) is 3.14. The maximum Gasteiger partial charge on any atom is 0.148 e. The average Bonchev–Trinajstić information content (AvgIpc) is 2.34. The van der Waals surface area contributed by atoms with E-state index in [1.807, 2.05) is 18.2 Å². The van der Waals surface area contributed by atoms with Gasteiger partial charge in [0.15, 0.2) is 0 Å². The molecule has 0 heterocycles. The second-order valence-electron chi connectivity index (χ2n) is 3.56. The maximum atomic E-state index is 13.5. The van der Waals surface area contributed by atoms with Crippen molar-refractivity contribution >= 4 is 17.1 Å². The number of nitrogen functional groups attached to an aromatic ring is 1. The van der Waals surface area contributed by atoms with Crippen LogP contribution in [0.3, 0.4) is 0 Å². The molecular weight excluding hydrogens is 219 g/mol. The highest BCUT2D eigenvalue weighted by atomic mass is 19.1. The molecule has 0 radical (unpaired) electrons. The van der Waals surface area contributed by atoms with Crippen molar-refractivity contribution in [3.05, 3.63) is 48.3 Å². The summed E-state index contributed by atoms with van der Waals surface area (Å²) in [6.07, 6.45) is 0. The quantitative estimate of drug-likeness (QED) is 0.799. The number of methoxy groups -OCH3 is 1. The summed E-state index contributed by atoms with van der Waals surface area (Å²) >= 11 is 0. The number of anilines is 3. The fourth-order valence-electron chi connectivity index (χ4n) is 1.52. The molecule has 0 fully saturated rings. The van der Waals surface area contributed by atoms with Gasteiger partial charge in [0.1, 0.15) is 11.6 Å². The van der Waals surface area contributed by atoms with E-state index in [2.05, 4.69) is 5.32 Å². The Hall–Kier alpha value is -2.23. The minimum atomic E-state index is -0.382. The van der Waals surface area contributed by atoms with Gasteiger partial charge in [-0.3, -0.25) is 0 Å². The van der Waals surface area contributed by atoms with Gasteiger partial charge in [-0.1, -0.05) is 12.1 Å². The molecule has 4 heteroatoms. The van der Waals surface area contributed by atoms with E-state index in [9.17, 15) is 4.39 Å². The predicted molar refractivity (Wildman–Crippen MR) is 67.1 cm³/mol. The molecule has 0 saturated heterocycles. The zero-order chi connectivity index (χ0) is 12.3. The number of benzene rings is 2. The van der Waals surface area contributed by atoms with Crippen LogP contribution in [0, 0.1) is 5.82 Å². The second-order valence-corrected chi connectivity index (χ2v) is 3.56. The number of nitrogens with two attached hydrogens (primary N) is 1. The van der Waals surface area contributed by atoms with Crippen LogP contribution in [0.5, 0.6) is 5.75 Å². The molecule has 0 aromatic heterocycles. The smallest absolute Gasteiger partial charge is 0.148 e.